The summed E-state index contributed by atoms with van der Waals surface area (Å²) in [6, 6.07) is 5.17. The first-order valence-corrected chi connectivity index (χ1v) is 6.06. The fourth-order valence-corrected chi connectivity index (χ4v) is 1.99. The Balaban J connectivity index is 2.57. The Bertz CT molecular complexity index is 364. The molecule has 0 fully saturated rings. The minimum Gasteiger partial charge on any atom is -0.309 e. The lowest BCUT2D eigenvalue weighted by Gasteiger charge is -2.14. The average Bonchev–Trinajstić information content (AvgIpc) is 2.23. The molecule has 0 spiro atoms. The highest BCUT2D eigenvalue weighted by molar-refractivity contribution is 9.10. The van der Waals surface area contributed by atoms with Crippen molar-refractivity contribution in [3.8, 4) is 12.3 Å². The summed E-state index contributed by atoms with van der Waals surface area (Å²) in [6.45, 7) is 2.72. The van der Waals surface area contributed by atoms with Gasteiger partial charge in [0.05, 0.1) is 0 Å². The van der Waals surface area contributed by atoms with Gasteiger partial charge in [-0.05, 0) is 30.2 Å². The largest absolute Gasteiger partial charge is 0.309 e. The number of nitrogens with one attached hydrogen (secondary N) is 1. The Morgan fingerprint density at radius 3 is 2.81 bits per heavy atom. The highest BCUT2D eigenvalue weighted by atomic mass is 79.9. The molecule has 0 saturated carbocycles. The second-order valence-electron chi connectivity index (χ2n) is 3.67. The summed E-state index contributed by atoms with van der Waals surface area (Å²) < 4.78 is 13.9. The van der Waals surface area contributed by atoms with E-state index in [2.05, 4.69) is 34.1 Å². The van der Waals surface area contributed by atoms with Crippen LogP contribution in [0.1, 0.15) is 25.3 Å². The highest BCUT2D eigenvalue weighted by Gasteiger charge is 2.04. The van der Waals surface area contributed by atoms with Crippen LogP contribution in [0.2, 0.25) is 0 Å². The Kier molecular flexibility index (Phi) is 5.51. The van der Waals surface area contributed by atoms with Gasteiger partial charge in [0.2, 0.25) is 0 Å². The van der Waals surface area contributed by atoms with Crippen molar-refractivity contribution in [2.45, 2.75) is 32.4 Å². The van der Waals surface area contributed by atoms with Gasteiger partial charge >= 0.3 is 0 Å². The molecule has 1 nitrogen and oxygen atoms in total. The van der Waals surface area contributed by atoms with Crippen molar-refractivity contribution in [3.05, 3.63) is 34.1 Å². The molecule has 0 aliphatic carbocycles. The molecule has 1 unspecified atom stereocenters. The third-order valence-electron chi connectivity index (χ3n) is 2.37. The second kappa shape index (κ2) is 6.67. The number of hydrogen-bond acceptors (Lipinski definition) is 1. The number of hydrogen-bond donors (Lipinski definition) is 1. The third kappa shape index (κ3) is 4.34. The molecule has 0 aromatic heterocycles. The molecule has 0 heterocycles. The molecule has 3 heteroatoms. The lowest BCUT2D eigenvalue weighted by atomic mass is 10.1. The van der Waals surface area contributed by atoms with E-state index in [4.69, 9.17) is 6.42 Å². The maximum Gasteiger partial charge on any atom is 0.124 e. The summed E-state index contributed by atoms with van der Waals surface area (Å²) >= 11 is 3.27. The van der Waals surface area contributed by atoms with Crippen LogP contribution in [-0.4, -0.2) is 6.04 Å². The van der Waals surface area contributed by atoms with Crippen LogP contribution in [0.15, 0.2) is 22.7 Å². The van der Waals surface area contributed by atoms with Gasteiger partial charge in [-0.25, -0.2) is 4.39 Å². The summed E-state index contributed by atoms with van der Waals surface area (Å²) in [6.07, 6.45) is 6.94. The number of benzene rings is 1. The predicted molar refractivity (Wildman–Crippen MR) is 68.5 cm³/mol. The molecule has 0 amide bonds. The van der Waals surface area contributed by atoms with Crippen LogP contribution in [0.5, 0.6) is 0 Å². The number of halogens is 2. The maximum atomic E-state index is 13.1. The van der Waals surface area contributed by atoms with E-state index in [0.717, 1.165) is 16.5 Å². The van der Waals surface area contributed by atoms with Gasteiger partial charge in [0.1, 0.15) is 5.82 Å². The van der Waals surface area contributed by atoms with Gasteiger partial charge in [-0.15, -0.1) is 12.3 Å². The van der Waals surface area contributed by atoms with Crippen LogP contribution < -0.4 is 5.32 Å². The fraction of sp³-hybridized carbons (Fsp3) is 0.385. The smallest absolute Gasteiger partial charge is 0.124 e. The van der Waals surface area contributed by atoms with Gasteiger partial charge in [-0.1, -0.05) is 22.9 Å². The predicted octanol–water partition coefficient (Wildman–Crippen LogP) is 3.48. The first-order valence-electron chi connectivity index (χ1n) is 5.27. The van der Waals surface area contributed by atoms with Gasteiger partial charge in [-0.2, -0.15) is 0 Å². The molecule has 16 heavy (non-hydrogen) atoms. The van der Waals surface area contributed by atoms with E-state index in [1.54, 1.807) is 0 Å². The molecular weight excluding hydrogens is 269 g/mol. The van der Waals surface area contributed by atoms with E-state index >= 15 is 0 Å². The molecule has 0 aliphatic rings. The Hall–Kier alpha value is -0.850. The van der Waals surface area contributed by atoms with Crippen molar-refractivity contribution in [2.24, 2.45) is 0 Å². The fourth-order valence-electron chi connectivity index (χ4n) is 1.48. The van der Waals surface area contributed by atoms with Gasteiger partial charge < -0.3 is 5.32 Å². The van der Waals surface area contributed by atoms with E-state index in [1.165, 1.54) is 12.1 Å². The van der Waals surface area contributed by atoms with E-state index in [0.29, 0.717) is 19.0 Å². The molecule has 86 valence electrons. The van der Waals surface area contributed by atoms with Crippen LogP contribution >= 0.6 is 15.9 Å². The minimum absolute atomic E-state index is 0.226. The molecule has 0 bridgehead atoms. The number of rotatable bonds is 5. The molecule has 0 aliphatic heterocycles. The molecule has 1 rings (SSSR count). The lowest BCUT2D eigenvalue weighted by molar-refractivity contribution is 0.505. The normalized spacial score (nSPS) is 12.1. The van der Waals surface area contributed by atoms with Gasteiger partial charge in [-0.3, -0.25) is 0 Å². The average molecular weight is 284 g/mol. The SMILES string of the molecule is C#CCC(CC)NCc1cc(F)cc(Br)c1. The standard InChI is InChI=1S/C13H15BrFN/c1-3-5-13(4-2)16-9-10-6-11(14)8-12(15)7-10/h1,6-8,13,16H,4-5,9H2,2H3. The quantitative estimate of drug-likeness (QED) is 0.816. The highest BCUT2D eigenvalue weighted by Crippen LogP contribution is 2.15. The van der Waals surface area contributed by atoms with E-state index in [-0.39, 0.29) is 5.82 Å². The van der Waals surface area contributed by atoms with Crippen LogP contribution in [0.3, 0.4) is 0 Å². The zero-order chi connectivity index (χ0) is 12.0. The second-order valence-corrected chi connectivity index (χ2v) is 4.59. The Morgan fingerprint density at radius 2 is 2.25 bits per heavy atom. The van der Waals surface area contributed by atoms with Gasteiger partial charge in [0.25, 0.3) is 0 Å². The topological polar surface area (TPSA) is 12.0 Å². The molecule has 0 saturated heterocycles. The molecule has 0 radical (unpaired) electrons. The Morgan fingerprint density at radius 1 is 1.50 bits per heavy atom. The lowest BCUT2D eigenvalue weighted by Crippen LogP contribution is -2.27. The molecule has 1 aromatic rings. The van der Waals surface area contributed by atoms with Gasteiger partial charge in [0, 0.05) is 23.5 Å². The summed E-state index contributed by atoms with van der Waals surface area (Å²) in [4.78, 5) is 0. The first-order chi connectivity index (χ1) is 7.65. The van der Waals surface area contributed by atoms with Gasteiger partial charge in [0.15, 0.2) is 0 Å². The van der Waals surface area contributed by atoms with Crippen molar-refractivity contribution >= 4 is 15.9 Å². The monoisotopic (exact) mass is 283 g/mol. The van der Waals surface area contributed by atoms with E-state index < -0.39 is 0 Å². The Labute approximate surface area is 105 Å². The van der Waals surface area contributed by atoms with Crippen molar-refractivity contribution in [1.82, 2.24) is 5.32 Å². The molecule has 1 aromatic carbocycles. The van der Waals surface area contributed by atoms with Crippen molar-refractivity contribution in [3.63, 3.8) is 0 Å². The van der Waals surface area contributed by atoms with E-state index in [9.17, 15) is 4.39 Å². The van der Waals surface area contributed by atoms with Crippen molar-refractivity contribution in [2.75, 3.05) is 0 Å². The third-order valence-corrected chi connectivity index (χ3v) is 2.83. The van der Waals surface area contributed by atoms with Crippen LogP contribution in [0, 0.1) is 18.2 Å². The summed E-state index contributed by atoms with van der Waals surface area (Å²) in [5.74, 6) is 2.41. The molecule has 1 atom stereocenters. The minimum atomic E-state index is -0.226. The summed E-state index contributed by atoms with van der Waals surface area (Å²) in [5, 5.41) is 3.31. The van der Waals surface area contributed by atoms with Crippen molar-refractivity contribution < 1.29 is 4.39 Å². The summed E-state index contributed by atoms with van der Waals surface area (Å²) in [5.41, 5.74) is 0.919. The molecular formula is C13H15BrFN. The van der Waals surface area contributed by atoms with Crippen LogP contribution in [0.25, 0.3) is 0 Å². The maximum absolute atomic E-state index is 13.1. The zero-order valence-corrected chi connectivity index (χ0v) is 10.8. The van der Waals surface area contributed by atoms with Crippen LogP contribution in [0.4, 0.5) is 4.39 Å². The van der Waals surface area contributed by atoms with Crippen LogP contribution in [-0.2, 0) is 6.54 Å². The number of terminal acetylenes is 1. The molecule has 1 N–H and O–H groups in total. The van der Waals surface area contributed by atoms with Crippen molar-refractivity contribution in [1.29, 1.82) is 0 Å². The first kappa shape index (κ1) is 13.2. The zero-order valence-electron chi connectivity index (χ0n) is 9.26. The summed E-state index contributed by atoms with van der Waals surface area (Å²) in [7, 11) is 0. The van der Waals surface area contributed by atoms with E-state index in [1.807, 2.05) is 6.07 Å².